The maximum absolute atomic E-state index is 8.88. The first-order chi connectivity index (χ1) is 4.00. The minimum atomic E-state index is -4.67. The van der Waals surface area contributed by atoms with Crippen LogP contribution in [0.2, 0.25) is 0 Å². The van der Waals surface area contributed by atoms with Gasteiger partial charge in [0.05, 0.1) is 0 Å². The fraction of sp³-hybridized carbons (Fsp3) is 0. The van der Waals surface area contributed by atoms with Gasteiger partial charge in [0.15, 0.2) is 0 Å². The molecule has 8 nitrogen and oxygen atoms in total. The number of phosphoric acid groups is 1. The normalized spacial score (nSPS) is 9.75. The first-order valence-electron chi connectivity index (χ1n) is 1.48. The van der Waals surface area contributed by atoms with Crippen LogP contribution < -0.4 is 0 Å². The van der Waals surface area contributed by atoms with Crippen molar-refractivity contribution in [2.75, 3.05) is 0 Å². The molecule has 12 heteroatoms. The number of hydrogen-bond donors (Lipinski definition) is 5. The van der Waals surface area contributed by atoms with E-state index in [9.17, 15) is 0 Å². The summed E-state index contributed by atoms with van der Waals surface area (Å²) in [5.74, 6) is 0. The molecule has 0 aromatic heterocycles. The summed E-state index contributed by atoms with van der Waals surface area (Å²) >= 11 is 0. The molecule has 0 atom stereocenters. The molecule has 12 heavy (non-hydrogen) atoms. The van der Waals surface area contributed by atoms with Crippen molar-refractivity contribution >= 4 is 77.3 Å². The van der Waals surface area contributed by atoms with Crippen LogP contribution in [0.25, 0.3) is 0 Å². The zero-order valence-electron chi connectivity index (χ0n) is 4.32. The number of hydrogen-bond acceptors (Lipinski definition) is 3. The van der Waals surface area contributed by atoms with Crippen molar-refractivity contribution in [2.24, 2.45) is 0 Å². The molecule has 0 saturated heterocycles. The predicted octanol–water partition coefficient (Wildman–Crippen LogP) is -2.88. The predicted molar refractivity (Wildman–Crippen MR) is 42.7 cm³/mol. The van der Waals surface area contributed by atoms with Gasteiger partial charge >= 0.3 is 77.3 Å². The van der Waals surface area contributed by atoms with E-state index in [0.29, 0.717) is 0 Å². The molecular weight excluding hydrogens is 237 g/mol. The van der Waals surface area contributed by atoms with E-state index in [2.05, 4.69) is 0 Å². The molecule has 0 saturated carbocycles. The van der Waals surface area contributed by atoms with E-state index < -0.39 is 18.2 Å². The van der Waals surface area contributed by atoms with Crippen molar-refractivity contribution in [3.05, 3.63) is 0 Å². The van der Waals surface area contributed by atoms with Crippen molar-refractivity contribution in [3.63, 3.8) is 0 Å². The van der Waals surface area contributed by atoms with E-state index in [4.69, 9.17) is 36.8 Å². The summed E-state index contributed by atoms with van der Waals surface area (Å²) in [5, 5.41) is 0. The molecule has 5 N–H and O–H groups in total. The maximum atomic E-state index is 8.88. The molecule has 0 unspecified atom stereocenters. The van der Waals surface area contributed by atoms with Crippen molar-refractivity contribution in [2.45, 2.75) is 0 Å². The van der Waals surface area contributed by atoms with Gasteiger partial charge in [-0.1, -0.05) is 0 Å². The van der Waals surface area contributed by atoms with E-state index >= 15 is 0 Å². The van der Waals surface area contributed by atoms with E-state index in [1.54, 1.807) is 0 Å². The van der Waals surface area contributed by atoms with E-state index in [-0.39, 0.29) is 59.1 Å². The monoisotopic (exact) mass is 244 g/mol. The van der Waals surface area contributed by atoms with Gasteiger partial charge in [-0.25, -0.2) is 4.57 Å². The van der Waals surface area contributed by atoms with Crippen LogP contribution in [-0.2, 0) is 15.0 Å². The Morgan fingerprint density at radius 2 is 0.917 bits per heavy atom. The summed E-state index contributed by atoms with van der Waals surface area (Å²) in [5.41, 5.74) is 0. The molecule has 0 aromatic carbocycles. The summed E-state index contributed by atoms with van der Waals surface area (Å²) in [6.45, 7) is 0. The zero-order chi connectivity index (χ0) is 9.00. The second-order valence-corrected chi connectivity index (χ2v) is 2.88. The average molecular weight is 244 g/mol. The van der Waals surface area contributed by atoms with Gasteiger partial charge in [-0.2, -0.15) is 8.42 Å². The molecule has 0 aliphatic rings. The molecule has 0 amide bonds. The van der Waals surface area contributed by atoms with Gasteiger partial charge in [-0.3, -0.25) is 9.11 Å². The van der Waals surface area contributed by atoms with Crippen LogP contribution in [0.15, 0.2) is 0 Å². The van der Waals surface area contributed by atoms with Crippen LogP contribution in [0.1, 0.15) is 0 Å². The van der Waals surface area contributed by atoms with Crippen LogP contribution in [0.4, 0.5) is 0 Å². The summed E-state index contributed by atoms with van der Waals surface area (Å²) in [7, 11) is -9.31. The Balaban J connectivity index is -0.0000000457. The molecule has 0 aromatic rings. The molecule has 0 aliphatic heterocycles. The van der Waals surface area contributed by atoms with Crippen molar-refractivity contribution < 1.29 is 36.8 Å². The molecule has 68 valence electrons. The summed E-state index contributed by atoms with van der Waals surface area (Å²) < 4.78 is 40.5. The summed E-state index contributed by atoms with van der Waals surface area (Å²) in [6.07, 6.45) is 0. The first kappa shape index (κ1) is 23.6. The van der Waals surface area contributed by atoms with E-state index in [0.717, 1.165) is 0 Å². The van der Waals surface area contributed by atoms with Crippen molar-refractivity contribution in [1.29, 1.82) is 0 Å². The van der Waals surface area contributed by atoms with Gasteiger partial charge in [0.1, 0.15) is 0 Å². The quantitative estimate of drug-likeness (QED) is 0.173. The van der Waals surface area contributed by atoms with Gasteiger partial charge in [0, 0.05) is 0 Å². The second kappa shape index (κ2) is 9.53. The fourth-order valence-electron chi connectivity index (χ4n) is 0. The van der Waals surface area contributed by atoms with Crippen molar-refractivity contribution in [1.82, 2.24) is 0 Å². The molecule has 0 heterocycles. The molecule has 0 bridgehead atoms. The Bertz CT molecular complexity index is 195. The SMILES string of the molecule is O=P(O)(O)O.O=S(=O)(O)O.[NaH].[NaH]. The molecule has 0 radical (unpaired) electrons. The Labute approximate surface area is 113 Å². The van der Waals surface area contributed by atoms with Gasteiger partial charge in [0.2, 0.25) is 0 Å². The fourth-order valence-corrected chi connectivity index (χ4v) is 0. The third kappa shape index (κ3) is 368. The van der Waals surface area contributed by atoms with Gasteiger partial charge in [-0.15, -0.1) is 0 Å². The molecule has 0 aliphatic carbocycles. The Kier molecular flexibility index (Phi) is 18.8. The first-order valence-corrected chi connectivity index (χ1v) is 4.44. The van der Waals surface area contributed by atoms with Crippen molar-refractivity contribution in [3.8, 4) is 0 Å². The van der Waals surface area contributed by atoms with E-state index in [1.807, 2.05) is 0 Å². The molecule has 0 fully saturated rings. The van der Waals surface area contributed by atoms with Crippen LogP contribution in [0.5, 0.6) is 0 Å². The Morgan fingerprint density at radius 3 is 0.917 bits per heavy atom. The Hall–Kier alpha value is 1.98. The topological polar surface area (TPSA) is 152 Å². The third-order valence-corrected chi connectivity index (χ3v) is 0. The average Bonchev–Trinajstić information content (AvgIpc) is 1.12. The standard InChI is InChI=1S/2Na.H3O4P.H2O4S.2H/c;;2*1-5(2,3)4;;/h;;(H3,1,2,3,4);(H2,1,2,3,4);;. The minimum absolute atomic E-state index is 0. The third-order valence-electron chi connectivity index (χ3n) is 0. The molecule has 0 rings (SSSR count). The van der Waals surface area contributed by atoms with Crippen LogP contribution in [0, 0.1) is 0 Å². The zero-order valence-corrected chi connectivity index (χ0v) is 6.03. The second-order valence-electron chi connectivity index (χ2n) is 0.961. The van der Waals surface area contributed by atoms with Crippen LogP contribution in [0.3, 0.4) is 0 Å². The molecular formula is H7Na2O8PS. The summed E-state index contributed by atoms with van der Waals surface area (Å²) in [6, 6.07) is 0. The van der Waals surface area contributed by atoms with E-state index in [1.165, 1.54) is 0 Å². The van der Waals surface area contributed by atoms with Crippen LogP contribution in [-0.4, -0.2) is 91.3 Å². The number of rotatable bonds is 0. The Morgan fingerprint density at radius 1 is 0.917 bits per heavy atom. The van der Waals surface area contributed by atoms with Gasteiger partial charge in [0.25, 0.3) is 0 Å². The van der Waals surface area contributed by atoms with Crippen LogP contribution >= 0.6 is 7.82 Å². The summed E-state index contributed by atoms with van der Waals surface area (Å²) in [4.78, 5) is 21.6. The van der Waals surface area contributed by atoms with Gasteiger partial charge < -0.3 is 14.7 Å². The molecule has 0 spiro atoms. The van der Waals surface area contributed by atoms with Gasteiger partial charge in [-0.05, 0) is 0 Å².